The van der Waals surface area contributed by atoms with Crippen molar-refractivity contribution in [1.29, 1.82) is 0 Å². The standard InChI is InChI=1S/C20H26N2O2/c1-4-24-19-12-8-7-11-18(19)21-14-13-20(23)22-17-10-6-5-9-16(17)15(2)3/h5-12,15,21H,4,13-14H2,1-3H3,(H,22,23). The maximum absolute atomic E-state index is 12.2. The van der Waals surface area contributed by atoms with Gasteiger partial charge in [0.15, 0.2) is 0 Å². The molecule has 0 aliphatic rings. The van der Waals surface area contributed by atoms with Crippen LogP contribution in [-0.4, -0.2) is 19.1 Å². The number of nitrogens with one attached hydrogen (secondary N) is 2. The molecule has 0 aliphatic heterocycles. The van der Waals surface area contributed by atoms with Crippen LogP contribution in [0.25, 0.3) is 0 Å². The number of amides is 1. The van der Waals surface area contributed by atoms with Gasteiger partial charge in [-0.25, -0.2) is 0 Å². The van der Waals surface area contributed by atoms with Crippen molar-refractivity contribution in [3.05, 3.63) is 54.1 Å². The van der Waals surface area contributed by atoms with Crippen LogP contribution in [0.15, 0.2) is 48.5 Å². The molecule has 0 aliphatic carbocycles. The summed E-state index contributed by atoms with van der Waals surface area (Å²) in [4.78, 5) is 12.2. The van der Waals surface area contributed by atoms with E-state index in [-0.39, 0.29) is 5.91 Å². The zero-order valence-corrected chi connectivity index (χ0v) is 14.6. The fraction of sp³-hybridized carbons (Fsp3) is 0.350. The smallest absolute Gasteiger partial charge is 0.226 e. The average Bonchev–Trinajstić information content (AvgIpc) is 2.57. The predicted molar refractivity (Wildman–Crippen MR) is 99.9 cm³/mol. The summed E-state index contributed by atoms with van der Waals surface area (Å²) in [5.74, 6) is 1.19. The van der Waals surface area contributed by atoms with Crippen molar-refractivity contribution in [3.63, 3.8) is 0 Å². The van der Waals surface area contributed by atoms with Crippen molar-refractivity contribution in [1.82, 2.24) is 0 Å². The second-order valence-corrected chi connectivity index (χ2v) is 5.90. The monoisotopic (exact) mass is 326 g/mol. The third-order valence-corrected chi connectivity index (χ3v) is 3.71. The lowest BCUT2D eigenvalue weighted by molar-refractivity contribution is -0.115. The van der Waals surface area contributed by atoms with Crippen LogP contribution >= 0.6 is 0 Å². The summed E-state index contributed by atoms with van der Waals surface area (Å²) in [6, 6.07) is 15.7. The van der Waals surface area contributed by atoms with Gasteiger partial charge in [-0.15, -0.1) is 0 Å². The maximum atomic E-state index is 12.2. The van der Waals surface area contributed by atoms with Crippen LogP contribution in [0, 0.1) is 0 Å². The molecule has 0 heterocycles. The molecule has 2 rings (SSSR count). The first kappa shape index (κ1) is 17.9. The van der Waals surface area contributed by atoms with Crippen LogP contribution in [0.4, 0.5) is 11.4 Å². The lowest BCUT2D eigenvalue weighted by Gasteiger charge is -2.14. The van der Waals surface area contributed by atoms with Crippen molar-refractivity contribution in [2.24, 2.45) is 0 Å². The Labute approximate surface area is 144 Å². The molecule has 0 bridgehead atoms. The van der Waals surface area contributed by atoms with E-state index < -0.39 is 0 Å². The van der Waals surface area contributed by atoms with Gasteiger partial charge in [-0.2, -0.15) is 0 Å². The Hall–Kier alpha value is -2.49. The molecular weight excluding hydrogens is 300 g/mol. The van der Waals surface area contributed by atoms with Gasteiger partial charge in [0, 0.05) is 18.7 Å². The third-order valence-electron chi connectivity index (χ3n) is 3.71. The number of hydrogen-bond donors (Lipinski definition) is 2. The minimum atomic E-state index is 0.00416. The van der Waals surface area contributed by atoms with Crippen LogP contribution < -0.4 is 15.4 Å². The van der Waals surface area contributed by atoms with Crippen molar-refractivity contribution < 1.29 is 9.53 Å². The molecule has 0 aromatic heterocycles. The van der Waals surface area contributed by atoms with Crippen molar-refractivity contribution in [3.8, 4) is 5.75 Å². The highest BCUT2D eigenvalue weighted by Crippen LogP contribution is 2.25. The minimum Gasteiger partial charge on any atom is -0.492 e. The Balaban J connectivity index is 1.88. The lowest BCUT2D eigenvalue weighted by Crippen LogP contribution is -2.17. The van der Waals surface area contributed by atoms with Crippen molar-refractivity contribution in [2.45, 2.75) is 33.1 Å². The van der Waals surface area contributed by atoms with E-state index in [1.807, 2.05) is 49.4 Å². The van der Waals surface area contributed by atoms with E-state index in [1.165, 1.54) is 0 Å². The first-order valence-corrected chi connectivity index (χ1v) is 8.46. The lowest BCUT2D eigenvalue weighted by atomic mass is 10.0. The largest absolute Gasteiger partial charge is 0.492 e. The fourth-order valence-corrected chi connectivity index (χ4v) is 2.53. The zero-order valence-electron chi connectivity index (χ0n) is 14.6. The molecule has 2 aromatic rings. The first-order valence-electron chi connectivity index (χ1n) is 8.46. The van der Waals surface area contributed by atoms with Crippen LogP contribution in [0.3, 0.4) is 0 Å². The molecule has 4 heteroatoms. The van der Waals surface area contributed by atoms with E-state index in [4.69, 9.17) is 4.74 Å². The van der Waals surface area contributed by atoms with Crippen LogP contribution in [0.2, 0.25) is 0 Å². The molecule has 2 aromatic carbocycles. The Morgan fingerprint density at radius 1 is 1.04 bits per heavy atom. The van der Waals surface area contributed by atoms with E-state index in [0.29, 0.717) is 25.5 Å². The highest BCUT2D eigenvalue weighted by atomic mass is 16.5. The van der Waals surface area contributed by atoms with Gasteiger partial charge in [0.1, 0.15) is 5.75 Å². The summed E-state index contributed by atoms with van der Waals surface area (Å²) in [5, 5.41) is 6.27. The molecule has 2 N–H and O–H groups in total. The Morgan fingerprint density at radius 2 is 1.71 bits per heavy atom. The predicted octanol–water partition coefficient (Wildman–Crippen LogP) is 4.65. The molecule has 24 heavy (non-hydrogen) atoms. The topological polar surface area (TPSA) is 50.4 Å². The molecule has 1 amide bonds. The second-order valence-electron chi connectivity index (χ2n) is 5.90. The molecule has 0 saturated carbocycles. The number of carbonyl (C=O) groups is 1. The SMILES string of the molecule is CCOc1ccccc1NCCC(=O)Nc1ccccc1C(C)C. The molecule has 4 nitrogen and oxygen atoms in total. The number of benzene rings is 2. The molecule has 0 fully saturated rings. The quantitative estimate of drug-likeness (QED) is 0.742. The zero-order chi connectivity index (χ0) is 17.4. The highest BCUT2D eigenvalue weighted by Gasteiger charge is 2.09. The van der Waals surface area contributed by atoms with E-state index in [1.54, 1.807) is 0 Å². The molecular formula is C20H26N2O2. The molecule has 0 atom stereocenters. The van der Waals surface area contributed by atoms with Gasteiger partial charge in [-0.1, -0.05) is 44.2 Å². The number of rotatable bonds is 8. The first-order chi connectivity index (χ1) is 11.6. The molecule has 0 radical (unpaired) electrons. The maximum Gasteiger partial charge on any atom is 0.226 e. The summed E-state index contributed by atoms with van der Waals surface area (Å²) >= 11 is 0. The molecule has 0 unspecified atom stereocenters. The van der Waals surface area contributed by atoms with Gasteiger partial charge in [-0.3, -0.25) is 4.79 Å². The van der Waals surface area contributed by atoms with Gasteiger partial charge < -0.3 is 15.4 Å². The minimum absolute atomic E-state index is 0.00416. The Bertz CT molecular complexity index is 668. The average molecular weight is 326 g/mol. The van der Waals surface area contributed by atoms with E-state index in [2.05, 4.69) is 30.5 Å². The third kappa shape index (κ3) is 5.01. The normalized spacial score (nSPS) is 10.5. The van der Waals surface area contributed by atoms with Crippen LogP contribution in [-0.2, 0) is 4.79 Å². The molecule has 0 saturated heterocycles. The van der Waals surface area contributed by atoms with Crippen LogP contribution in [0.5, 0.6) is 5.75 Å². The van der Waals surface area contributed by atoms with E-state index >= 15 is 0 Å². The van der Waals surface area contributed by atoms with Gasteiger partial charge in [0.25, 0.3) is 0 Å². The molecule has 0 spiro atoms. The summed E-state index contributed by atoms with van der Waals surface area (Å²) < 4.78 is 5.57. The Kier molecular flexibility index (Phi) is 6.67. The summed E-state index contributed by atoms with van der Waals surface area (Å²) in [6.45, 7) is 7.37. The van der Waals surface area contributed by atoms with Gasteiger partial charge in [0.05, 0.1) is 12.3 Å². The Morgan fingerprint density at radius 3 is 2.42 bits per heavy atom. The van der Waals surface area contributed by atoms with Gasteiger partial charge in [0.2, 0.25) is 5.91 Å². The van der Waals surface area contributed by atoms with Gasteiger partial charge in [-0.05, 0) is 36.6 Å². The van der Waals surface area contributed by atoms with Gasteiger partial charge >= 0.3 is 0 Å². The number of hydrogen-bond acceptors (Lipinski definition) is 3. The number of carbonyl (C=O) groups excluding carboxylic acids is 1. The second kappa shape index (κ2) is 8.96. The summed E-state index contributed by atoms with van der Waals surface area (Å²) in [5.41, 5.74) is 2.96. The number of ether oxygens (including phenoxy) is 1. The van der Waals surface area contributed by atoms with E-state index in [0.717, 1.165) is 22.7 Å². The van der Waals surface area contributed by atoms with E-state index in [9.17, 15) is 4.79 Å². The number of para-hydroxylation sites is 3. The van der Waals surface area contributed by atoms with Crippen LogP contribution in [0.1, 0.15) is 38.7 Å². The highest BCUT2D eigenvalue weighted by molar-refractivity contribution is 5.91. The molecule has 128 valence electrons. The van der Waals surface area contributed by atoms with Crippen molar-refractivity contribution in [2.75, 3.05) is 23.8 Å². The fourth-order valence-electron chi connectivity index (χ4n) is 2.53. The number of anilines is 2. The summed E-state index contributed by atoms with van der Waals surface area (Å²) in [6.07, 6.45) is 0.396. The summed E-state index contributed by atoms with van der Waals surface area (Å²) in [7, 11) is 0. The van der Waals surface area contributed by atoms with Crippen molar-refractivity contribution >= 4 is 17.3 Å².